The quantitative estimate of drug-likeness (QED) is 0.795. The molecular weight excluding hydrogens is 238 g/mol. The van der Waals surface area contributed by atoms with Gasteiger partial charge in [-0.1, -0.05) is 33.8 Å². The first-order valence-electron chi connectivity index (χ1n) is 7.10. The number of amides is 1. The number of nitrogens with one attached hydrogen (secondary N) is 2. The first kappa shape index (κ1) is 15.5. The molecule has 1 aromatic rings. The molecule has 1 amide bonds. The van der Waals surface area contributed by atoms with Gasteiger partial charge in [0.05, 0.1) is 0 Å². The molecule has 0 spiro atoms. The number of carbonyl (C=O) groups excluding carboxylic acids is 1. The number of pyridine rings is 1. The van der Waals surface area contributed by atoms with Crippen molar-refractivity contribution in [2.75, 3.05) is 11.9 Å². The van der Waals surface area contributed by atoms with Crippen LogP contribution in [0.4, 0.5) is 5.82 Å². The standard InChI is InChI=1S/C15H25N3O/c1-5-10-16-14-9-7-8-13(17-14)15(19)18-12(6-2)11(3)4/h7-9,11-12H,5-6,10H2,1-4H3,(H,16,17)(H,18,19). The van der Waals surface area contributed by atoms with E-state index in [4.69, 9.17) is 0 Å². The molecule has 19 heavy (non-hydrogen) atoms. The van der Waals surface area contributed by atoms with Crippen LogP contribution in [0, 0.1) is 5.92 Å². The minimum absolute atomic E-state index is 0.0966. The van der Waals surface area contributed by atoms with Gasteiger partial charge in [-0.15, -0.1) is 0 Å². The minimum atomic E-state index is -0.0966. The summed E-state index contributed by atoms with van der Waals surface area (Å²) in [5.74, 6) is 1.09. The highest BCUT2D eigenvalue weighted by Crippen LogP contribution is 2.09. The molecule has 0 aliphatic heterocycles. The van der Waals surface area contributed by atoms with Crippen molar-refractivity contribution in [3.63, 3.8) is 0 Å². The minimum Gasteiger partial charge on any atom is -0.370 e. The Kier molecular flexibility index (Phi) is 6.33. The lowest BCUT2D eigenvalue weighted by Crippen LogP contribution is -2.38. The maximum absolute atomic E-state index is 12.1. The predicted octanol–water partition coefficient (Wildman–Crippen LogP) is 3.07. The molecule has 1 unspecified atom stereocenters. The zero-order valence-corrected chi connectivity index (χ0v) is 12.4. The third-order valence-electron chi connectivity index (χ3n) is 3.10. The number of rotatable bonds is 7. The maximum Gasteiger partial charge on any atom is 0.270 e. The summed E-state index contributed by atoms with van der Waals surface area (Å²) in [4.78, 5) is 16.5. The smallest absolute Gasteiger partial charge is 0.270 e. The summed E-state index contributed by atoms with van der Waals surface area (Å²) in [5, 5.41) is 6.23. The Labute approximate surface area is 116 Å². The van der Waals surface area contributed by atoms with Crippen LogP contribution in [0.3, 0.4) is 0 Å². The maximum atomic E-state index is 12.1. The highest BCUT2D eigenvalue weighted by molar-refractivity contribution is 5.92. The molecule has 0 radical (unpaired) electrons. The fourth-order valence-electron chi connectivity index (χ4n) is 1.90. The van der Waals surface area contributed by atoms with Gasteiger partial charge in [0.15, 0.2) is 0 Å². The van der Waals surface area contributed by atoms with E-state index in [1.54, 1.807) is 6.07 Å². The molecule has 0 saturated heterocycles. The van der Waals surface area contributed by atoms with Gasteiger partial charge in [-0.05, 0) is 30.9 Å². The van der Waals surface area contributed by atoms with Crippen LogP contribution in [-0.4, -0.2) is 23.5 Å². The first-order chi connectivity index (χ1) is 9.08. The van der Waals surface area contributed by atoms with Gasteiger partial charge in [0.1, 0.15) is 11.5 Å². The van der Waals surface area contributed by atoms with E-state index in [1.165, 1.54) is 0 Å². The summed E-state index contributed by atoms with van der Waals surface area (Å²) in [5.41, 5.74) is 0.472. The summed E-state index contributed by atoms with van der Waals surface area (Å²) in [6.45, 7) is 9.26. The van der Waals surface area contributed by atoms with Crippen molar-refractivity contribution in [2.24, 2.45) is 5.92 Å². The van der Waals surface area contributed by atoms with E-state index in [1.807, 2.05) is 12.1 Å². The Morgan fingerprint density at radius 1 is 1.32 bits per heavy atom. The van der Waals surface area contributed by atoms with E-state index < -0.39 is 0 Å². The van der Waals surface area contributed by atoms with Crippen LogP contribution in [-0.2, 0) is 0 Å². The van der Waals surface area contributed by atoms with Crippen LogP contribution in [0.25, 0.3) is 0 Å². The fraction of sp³-hybridized carbons (Fsp3) is 0.600. The van der Waals surface area contributed by atoms with E-state index in [0.717, 1.165) is 25.2 Å². The van der Waals surface area contributed by atoms with Crippen LogP contribution in [0.1, 0.15) is 51.0 Å². The molecule has 106 valence electrons. The number of hydrogen-bond donors (Lipinski definition) is 2. The Morgan fingerprint density at radius 3 is 2.63 bits per heavy atom. The van der Waals surface area contributed by atoms with E-state index in [2.05, 4.69) is 43.3 Å². The highest BCUT2D eigenvalue weighted by Gasteiger charge is 2.16. The average molecular weight is 263 g/mol. The van der Waals surface area contributed by atoms with Crippen molar-refractivity contribution in [3.8, 4) is 0 Å². The van der Waals surface area contributed by atoms with Gasteiger partial charge in [0.2, 0.25) is 0 Å². The molecule has 0 fully saturated rings. The van der Waals surface area contributed by atoms with Crippen LogP contribution in [0.5, 0.6) is 0 Å². The molecule has 0 saturated carbocycles. The third-order valence-corrected chi connectivity index (χ3v) is 3.10. The number of aromatic nitrogens is 1. The van der Waals surface area contributed by atoms with Gasteiger partial charge in [-0.25, -0.2) is 4.98 Å². The van der Waals surface area contributed by atoms with Gasteiger partial charge >= 0.3 is 0 Å². The molecule has 4 heteroatoms. The molecule has 4 nitrogen and oxygen atoms in total. The van der Waals surface area contributed by atoms with Crippen LogP contribution in [0.2, 0.25) is 0 Å². The fourth-order valence-corrected chi connectivity index (χ4v) is 1.90. The van der Waals surface area contributed by atoms with Crippen molar-refractivity contribution in [3.05, 3.63) is 23.9 Å². The lowest BCUT2D eigenvalue weighted by atomic mass is 10.0. The van der Waals surface area contributed by atoms with Crippen LogP contribution < -0.4 is 10.6 Å². The van der Waals surface area contributed by atoms with E-state index in [0.29, 0.717) is 11.6 Å². The van der Waals surface area contributed by atoms with Gasteiger partial charge in [-0.3, -0.25) is 4.79 Å². The summed E-state index contributed by atoms with van der Waals surface area (Å²) in [7, 11) is 0. The number of nitrogens with zero attached hydrogens (tertiary/aromatic N) is 1. The molecule has 0 bridgehead atoms. The van der Waals surface area contributed by atoms with Gasteiger partial charge in [0.25, 0.3) is 5.91 Å². The Hall–Kier alpha value is -1.58. The zero-order valence-electron chi connectivity index (χ0n) is 12.4. The number of hydrogen-bond acceptors (Lipinski definition) is 3. The lowest BCUT2D eigenvalue weighted by molar-refractivity contribution is 0.0919. The summed E-state index contributed by atoms with van der Waals surface area (Å²) in [6, 6.07) is 5.68. The van der Waals surface area contributed by atoms with Crippen LogP contribution >= 0.6 is 0 Å². The molecule has 1 aromatic heterocycles. The molecule has 0 aromatic carbocycles. The lowest BCUT2D eigenvalue weighted by Gasteiger charge is -2.20. The number of carbonyl (C=O) groups is 1. The van der Waals surface area contributed by atoms with Gasteiger partial charge in [0, 0.05) is 12.6 Å². The second-order valence-electron chi connectivity index (χ2n) is 5.07. The molecule has 0 aliphatic carbocycles. The normalized spacial score (nSPS) is 12.3. The van der Waals surface area contributed by atoms with Crippen molar-refractivity contribution in [1.82, 2.24) is 10.3 Å². The predicted molar refractivity (Wildman–Crippen MR) is 79.4 cm³/mol. The zero-order chi connectivity index (χ0) is 14.3. The van der Waals surface area contributed by atoms with E-state index in [9.17, 15) is 4.79 Å². The van der Waals surface area contributed by atoms with Crippen molar-refractivity contribution >= 4 is 11.7 Å². The topological polar surface area (TPSA) is 54.0 Å². The largest absolute Gasteiger partial charge is 0.370 e. The SMILES string of the molecule is CCCNc1cccc(C(=O)NC(CC)C(C)C)n1. The molecular formula is C15H25N3O. The molecule has 2 N–H and O–H groups in total. The second kappa shape index (κ2) is 7.77. The van der Waals surface area contributed by atoms with Crippen molar-refractivity contribution in [1.29, 1.82) is 0 Å². The van der Waals surface area contributed by atoms with Gasteiger partial charge < -0.3 is 10.6 Å². The molecule has 1 rings (SSSR count). The first-order valence-corrected chi connectivity index (χ1v) is 7.10. The average Bonchev–Trinajstić information content (AvgIpc) is 2.42. The molecule has 0 aliphatic rings. The molecule has 1 atom stereocenters. The summed E-state index contributed by atoms with van der Waals surface area (Å²) < 4.78 is 0. The van der Waals surface area contributed by atoms with Crippen LogP contribution in [0.15, 0.2) is 18.2 Å². The summed E-state index contributed by atoms with van der Waals surface area (Å²) >= 11 is 0. The Balaban J connectivity index is 2.70. The third kappa shape index (κ3) is 4.89. The van der Waals surface area contributed by atoms with Crippen molar-refractivity contribution < 1.29 is 4.79 Å². The Bertz CT molecular complexity index is 404. The number of anilines is 1. The van der Waals surface area contributed by atoms with E-state index >= 15 is 0 Å². The monoisotopic (exact) mass is 263 g/mol. The van der Waals surface area contributed by atoms with E-state index in [-0.39, 0.29) is 11.9 Å². The second-order valence-corrected chi connectivity index (χ2v) is 5.07. The molecule has 1 heterocycles. The van der Waals surface area contributed by atoms with Gasteiger partial charge in [-0.2, -0.15) is 0 Å². The summed E-state index contributed by atoms with van der Waals surface area (Å²) in [6.07, 6.45) is 1.96. The van der Waals surface area contributed by atoms with Crippen molar-refractivity contribution in [2.45, 2.75) is 46.6 Å². The Morgan fingerprint density at radius 2 is 2.05 bits per heavy atom. The highest BCUT2D eigenvalue weighted by atomic mass is 16.1.